The van der Waals surface area contributed by atoms with Gasteiger partial charge in [0.2, 0.25) is 0 Å². The van der Waals surface area contributed by atoms with Crippen LogP contribution in [0, 0.1) is 5.41 Å². The van der Waals surface area contributed by atoms with E-state index < -0.39 is 0 Å². The fraction of sp³-hybridized carbons (Fsp3) is 0.600. The summed E-state index contributed by atoms with van der Waals surface area (Å²) in [6.45, 7) is 5.31. The molecule has 0 aromatic carbocycles. The van der Waals surface area contributed by atoms with E-state index in [1.807, 2.05) is 11.3 Å². The molecule has 0 radical (unpaired) electrons. The van der Waals surface area contributed by atoms with E-state index in [4.69, 9.17) is 5.73 Å². The number of nitrogens with two attached hydrogens (primary N) is 1. The first-order valence-corrected chi connectivity index (χ1v) is 6.14. The van der Waals surface area contributed by atoms with E-state index in [-0.39, 0.29) is 0 Å². The van der Waals surface area contributed by atoms with Crippen molar-refractivity contribution in [3.8, 4) is 0 Å². The van der Waals surface area contributed by atoms with Crippen LogP contribution in [0.4, 0.5) is 0 Å². The predicted octanol–water partition coefficient (Wildman–Crippen LogP) is 3.43. The first-order chi connectivity index (χ1) is 6.05. The van der Waals surface area contributed by atoms with Crippen LogP contribution in [0.1, 0.15) is 25.1 Å². The topological polar surface area (TPSA) is 26.0 Å². The molecule has 0 saturated heterocycles. The van der Waals surface area contributed by atoms with Crippen LogP contribution >= 0.6 is 27.3 Å². The van der Waals surface area contributed by atoms with Gasteiger partial charge in [-0.25, -0.2) is 0 Å². The third-order valence-electron chi connectivity index (χ3n) is 2.15. The molecule has 13 heavy (non-hydrogen) atoms. The van der Waals surface area contributed by atoms with E-state index in [9.17, 15) is 0 Å². The summed E-state index contributed by atoms with van der Waals surface area (Å²) in [5.41, 5.74) is 5.89. The quantitative estimate of drug-likeness (QED) is 0.883. The highest BCUT2D eigenvalue weighted by atomic mass is 79.9. The number of rotatable bonds is 4. The van der Waals surface area contributed by atoms with Gasteiger partial charge in [-0.05, 0) is 52.2 Å². The summed E-state index contributed by atoms with van der Waals surface area (Å²) in [4.78, 5) is 1.43. The van der Waals surface area contributed by atoms with E-state index in [1.54, 1.807) is 0 Å². The second-order valence-electron chi connectivity index (χ2n) is 4.07. The normalized spacial score (nSPS) is 12.0. The van der Waals surface area contributed by atoms with E-state index in [1.165, 1.54) is 9.35 Å². The summed E-state index contributed by atoms with van der Waals surface area (Å²) in [5.74, 6) is 0. The van der Waals surface area contributed by atoms with Gasteiger partial charge in [-0.2, -0.15) is 0 Å². The van der Waals surface area contributed by atoms with Gasteiger partial charge in [-0.3, -0.25) is 0 Å². The molecule has 0 unspecified atom stereocenters. The lowest BCUT2D eigenvalue weighted by atomic mass is 9.85. The largest absolute Gasteiger partial charge is 0.330 e. The second kappa shape index (κ2) is 4.58. The Labute approximate surface area is 92.5 Å². The summed E-state index contributed by atoms with van der Waals surface area (Å²) >= 11 is 5.36. The third kappa shape index (κ3) is 3.41. The Kier molecular flexibility index (Phi) is 3.95. The van der Waals surface area contributed by atoms with Gasteiger partial charge < -0.3 is 5.73 Å². The average Bonchev–Trinajstić information content (AvgIpc) is 2.35. The lowest BCUT2D eigenvalue weighted by Gasteiger charge is -2.23. The van der Waals surface area contributed by atoms with Gasteiger partial charge in [0.1, 0.15) is 0 Å². The van der Waals surface area contributed by atoms with Gasteiger partial charge in [0, 0.05) is 9.35 Å². The number of thiophene rings is 1. The summed E-state index contributed by atoms with van der Waals surface area (Å²) < 4.78 is 1.24. The van der Waals surface area contributed by atoms with Gasteiger partial charge in [0.05, 0.1) is 0 Å². The van der Waals surface area contributed by atoms with Gasteiger partial charge in [0.15, 0.2) is 0 Å². The lowest BCUT2D eigenvalue weighted by Crippen LogP contribution is -2.19. The molecule has 1 heterocycles. The molecular formula is C10H16BrNS. The van der Waals surface area contributed by atoms with Crippen molar-refractivity contribution in [1.29, 1.82) is 0 Å². The monoisotopic (exact) mass is 261 g/mol. The molecule has 1 aromatic heterocycles. The van der Waals surface area contributed by atoms with Crippen LogP contribution in [-0.4, -0.2) is 6.54 Å². The minimum absolute atomic E-state index is 0.322. The molecule has 1 nitrogen and oxygen atoms in total. The third-order valence-corrected chi connectivity index (χ3v) is 4.08. The molecule has 0 bridgehead atoms. The molecule has 0 fully saturated rings. The van der Waals surface area contributed by atoms with E-state index in [0.29, 0.717) is 5.41 Å². The van der Waals surface area contributed by atoms with Crippen LogP contribution < -0.4 is 5.73 Å². The highest BCUT2D eigenvalue weighted by Gasteiger charge is 2.19. The highest BCUT2D eigenvalue weighted by Crippen LogP contribution is 2.32. The molecule has 0 spiro atoms. The highest BCUT2D eigenvalue weighted by molar-refractivity contribution is 9.10. The second-order valence-corrected chi connectivity index (χ2v) is 5.93. The van der Waals surface area contributed by atoms with Gasteiger partial charge in [-0.15, -0.1) is 11.3 Å². The molecular weight excluding hydrogens is 246 g/mol. The molecule has 1 rings (SSSR count). The van der Waals surface area contributed by atoms with Crippen molar-refractivity contribution in [2.45, 2.75) is 26.7 Å². The van der Waals surface area contributed by atoms with Crippen LogP contribution in [-0.2, 0) is 6.42 Å². The van der Waals surface area contributed by atoms with E-state index >= 15 is 0 Å². The summed E-state index contributed by atoms with van der Waals surface area (Å²) in [7, 11) is 0. The molecule has 2 N–H and O–H groups in total. The Morgan fingerprint density at radius 2 is 2.23 bits per heavy atom. The van der Waals surface area contributed by atoms with Crippen molar-refractivity contribution >= 4 is 27.3 Å². The average molecular weight is 262 g/mol. The standard InChI is InChI=1S/C10H16BrNS/c1-10(2,4-5-12)7-9-8(11)3-6-13-9/h3,6H,4-5,7,12H2,1-2H3. The number of hydrogen-bond acceptors (Lipinski definition) is 2. The Bertz CT molecular complexity index is 268. The molecule has 0 atom stereocenters. The minimum atomic E-state index is 0.322. The maximum absolute atomic E-state index is 5.57. The summed E-state index contributed by atoms with van der Waals surface area (Å²) in [5, 5.41) is 2.12. The van der Waals surface area contributed by atoms with Gasteiger partial charge in [-0.1, -0.05) is 13.8 Å². The van der Waals surface area contributed by atoms with Crippen LogP contribution in [0.2, 0.25) is 0 Å². The summed E-state index contributed by atoms with van der Waals surface area (Å²) in [6.07, 6.45) is 2.19. The van der Waals surface area contributed by atoms with Crippen molar-refractivity contribution in [2.75, 3.05) is 6.54 Å². The number of halogens is 1. The SMILES string of the molecule is CC(C)(CCN)Cc1sccc1Br. The smallest absolute Gasteiger partial charge is 0.0314 e. The number of hydrogen-bond donors (Lipinski definition) is 1. The van der Waals surface area contributed by atoms with E-state index in [2.05, 4.69) is 41.2 Å². The van der Waals surface area contributed by atoms with Crippen molar-refractivity contribution in [2.24, 2.45) is 11.1 Å². The molecule has 0 aliphatic carbocycles. The van der Waals surface area contributed by atoms with Crippen molar-refractivity contribution in [1.82, 2.24) is 0 Å². The molecule has 0 amide bonds. The Morgan fingerprint density at radius 3 is 2.69 bits per heavy atom. The van der Waals surface area contributed by atoms with Crippen molar-refractivity contribution in [3.63, 3.8) is 0 Å². The van der Waals surface area contributed by atoms with Gasteiger partial charge in [0.25, 0.3) is 0 Å². The Hall–Kier alpha value is 0.140. The predicted molar refractivity (Wildman–Crippen MR) is 63.2 cm³/mol. The van der Waals surface area contributed by atoms with Crippen LogP contribution in [0.15, 0.2) is 15.9 Å². The molecule has 0 aliphatic heterocycles. The van der Waals surface area contributed by atoms with E-state index in [0.717, 1.165) is 19.4 Å². The van der Waals surface area contributed by atoms with Crippen LogP contribution in [0.5, 0.6) is 0 Å². The minimum Gasteiger partial charge on any atom is -0.330 e. The fourth-order valence-corrected chi connectivity index (χ4v) is 3.12. The van der Waals surface area contributed by atoms with Crippen molar-refractivity contribution in [3.05, 3.63) is 20.8 Å². The lowest BCUT2D eigenvalue weighted by molar-refractivity contribution is 0.341. The molecule has 0 saturated carbocycles. The fourth-order valence-electron chi connectivity index (χ4n) is 1.37. The molecule has 3 heteroatoms. The Morgan fingerprint density at radius 1 is 1.54 bits per heavy atom. The zero-order chi connectivity index (χ0) is 9.90. The first kappa shape index (κ1) is 11.2. The summed E-state index contributed by atoms with van der Waals surface area (Å²) in [6, 6.07) is 2.11. The first-order valence-electron chi connectivity index (χ1n) is 4.47. The molecule has 74 valence electrons. The zero-order valence-electron chi connectivity index (χ0n) is 8.14. The van der Waals surface area contributed by atoms with Gasteiger partial charge >= 0.3 is 0 Å². The maximum atomic E-state index is 5.57. The Balaban J connectivity index is 2.63. The van der Waals surface area contributed by atoms with Crippen LogP contribution in [0.3, 0.4) is 0 Å². The zero-order valence-corrected chi connectivity index (χ0v) is 10.5. The van der Waals surface area contributed by atoms with Crippen LogP contribution in [0.25, 0.3) is 0 Å². The molecule has 0 aliphatic rings. The van der Waals surface area contributed by atoms with Crippen molar-refractivity contribution < 1.29 is 0 Å². The maximum Gasteiger partial charge on any atom is 0.0314 e. The molecule has 1 aromatic rings.